The second kappa shape index (κ2) is 9.00. The van der Waals surface area contributed by atoms with Gasteiger partial charge in [0.15, 0.2) is 5.88 Å². The standard InChI is InChI=1S/C27H29N5O/c1-31-11-13-32(14-12-31)23-8-6-22(7-9-23)29-18-25-24-17-20(5-10-26(24)30-27(25)33)15-19-3-2-4-21(28)16-19/h2-10,16-18,30,33H,11-15,28H2,1H3. The molecule has 6 nitrogen and oxygen atoms in total. The third-order valence-electron chi connectivity index (χ3n) is 6.30. The highest BCUT2D eigenvalue weighted by atomic mass is 16.3. The maximum absolute atomic E-state index is 10.5. The fourth-order valence-corrected chi connectivity index (χ4v) is 4.38. The van der Waals surface area contributed by atoms with E-state index in [-0.39, 0.29) is 5.88 Å². The van der Waals surface area contributed by atoms with Crippen LogP contribution in [0.4, 0.5) is 17.1 Å². The highest BCUT2D eigenvalue weighted by molar-refractivity contribution is 6.02. The smallest absolute Gasteiger partial charge is 0.198 e. The molecule has 0 spiro atoms. The maximum atomic E-state index is 10.5. The van der Waals surface area contributed by atoms with Crippen LogP contribution in [-0.4, -0.2) is 54.4 Å². The third kappa shape index (κ3) is 4.71. The number of nitrogens with two attached hydrogens (primary N) is 1. The molecular weight excluding hydrogens is 410 g/mol. The number of aliphatic imine (C=N–C) groups is 1. The van der Waals surface area contributed by atoms with Crippen LogP contribution in [0.5, 0.6) is 5.88 Å². The van der Waals surface area contributed by atoms with Crippen molar-refractivity contribution in [2.24, 2.45) is 4.99 Å². The molecule has 1 fully saturated rings. The van der Waals surface area contributed by atoms with Crippen molar-refractivity contribution in [1.29, 1.82) is 0 Å². The number of hydrogen-bond acceptors (Lipinski definition) is 5. The van der Waals surface area contributed by atoms with Crippen molar-refractivity contribution in [3.05, 3.63) is 83.4 Å². The lowest BCUT2D eigenvalue weighted by molar-refractivity contribution is 0.313. The van der Waals surface area contributed by atoms with Crippen molar-refractivity contribution < 1.29 is 5.11 Å². The number of aromatic hydroxyl groups is 1. The van der Waals surface area contributed by atoms with Crippen molar-refractivity contribution in [3.63, 3.8) is 0 Å². The van der Waals surface area contributed by atoms with Gasteiger partial charge in [0.2, 0.25) is 0 Å². The Hall–Kier alpha value is -3.77. The van der Waals surface area contributed by atoms with Gasteiger partial charge < -0.3 is 25.6 Å². The van der Waals surface area contributed by atoms with Gasteiger partial charge in [-0.2, -0.15) is 0 Å². The van der Waals surface area contributed by atoms with Crippen LogP contribution in [0, 0.1) is 0 Å². The van der Waals surface area contributed by atoms with Crippen molar-refractivity contribution in [2.75, 3.05) is 43.9 Å². The first-order valence-electron chi connectivity index (χ1n) is 11.3. The van der Waals surface area contributed by atoms with Gasteiger partial charge in [-0.1, -0.05) is 18.2 Å². The molecule has 168 valence electrons. The number of fused-ring (bicyclic) bond motifs is 1. The van der Waals surface area contributed by atoms with Crippen LogP contribution >= 0.6 is 0 Å². The molecule has 4 aromatic rings. The molecule has 33 heavy (non-hydrogen) atoms. The van der Waals surface area contributed by atoms with E-state index in [0.717, 1.165) is 66.0 Å². The highest BCUT2D eigenvalue weighted by Gasteiger charge is 2.14. The summed E-state index contributed by atoms with van der Waals surface area (Å²) < 4.78 is 0. The van der Waals surface area contributed by atoms with Gasteiger partial charge in [0.25, 0.3) is 0 Å². The lowest BCUT2D eigenvalue weighted by Gasteiger charge is -2.34. The Bertz CT molecular complexity index is 1280. The largest absolute Gasteiger partial charge is 0.494 e. The number of anilines is 2. The molecule has 5 rings (SSSR count). The quantitative estimate of drug-likeness (QED) is 0.315. The molecule has 0 bridgehead atoms. The van der Waals surface area contributed by atoms with Gasteiger partial charge in [0.1, 0.15) is 0 Å². The second-order valence-corrected chi connectivity index (χ2v) is 8.75. The SMILES string of the molecule is CN1CCN(c2ccc(N=Cc3c(O)[nH]c4ccc(Cc5cccc(N)c5)cc34)cc2)CC1. The molecule has 1 aromatic heterocycles. The van der Waals surface area contributed by atoms with Crippen molar-refractivity contribution in [2.45, 2.75) is 6.42 Å². The lowest BCUT2D eigenvalue weighted by atomic mass is 10.0. The monoisotopic (exact) mass is 439 g/mol. The molecular formula is C27H29N5O. The number of rotatable bonds is 5. The van der Waals surface area contributed by atoms with Gasteiger partial charge in [-0.25, -0.2) is 0 Å². The van der Waals surface area contributed by atoms with Crippen molar-refractivity contribution >= 4 is 34.2 Å². The fourth-order valence-electron chi connectivity index (χ4n) is 4.38. The molecule has 0 radical (unpaired) electrons. The Morgan fingerprint density at radius 1 is 0.970 bits per heavy atom. The predicted octanol–water partition coefficient (Wildman–Crippen LogP) is 4.55. The highest BCUT2D eigenvalue weighted by Crippen LogP contribution is 2.29. The maximum Gasteiger partial charge on any atom is 0.198 e. The van der Waals surface area contributed by atoms with E-state index in [1.807, 2.05) is 36.4 Å². The number of nitrogen functional groups attached to an aromatic ring is 1. The number of nitrogens with zero attached hydrogens (tertiary/aromatic N) is 3. The van der Waals surface area contributed by atoms with E-state index in [4.69, 9.17) is 5.73 Å². The Morgan fingerprint density at radius 2 is 1.73 bits per heavy atom. The molecule has 0 unspecified atom stereocenters. The van der Waals surface area contributed by atoms with E-state index in [1.165, 1.54) is 5.69 Å². The summed E-state index contributed by atoms with van der Waals surface area (Å²) in [6, 6.07) is 22.4. The van der Waals surface area contributed by atoms with Gasteiger partial charge in [0.05, 0.1) is 11.3 Å². The molecule has 0 atom stereocenters. The number of piperazine rings is 1. The van der Waals surface area contributed by atoms with Gasteiger partial charge in [-0.15, -0.1) is 0 Å². The number of aromatic amines is 1. The van der Waals surface area contributed by atoms with Crippen LogP contribution in [0.15, 0.2) is 71.7 Å². The molecule has 6 heteroatoms. The number of benzene rings is 3. The summed E-state index contributed by atoms with van der Waals surface area (Å²) in [5.74, 6) is 0.129. The first-order valence-corrected chi connectivity index (χ1v) is 11.3. The van der Waals surface area contributed by atoms with Crippen molar-refractivity contribution in [3.8, 4) is 5.88 Å². The summed E-state index contributed by atoms with van der Waals surface area (Å²) in [7, 11) is 2.16. The molecule has 1 aliphatic rings. The minimum Gasteiger partial charge on any atom is -0.494 e. The van der Waals surface area contributed by atoms with Crippen LogP contribution in [-0.2, 0) is 6.42 Å². The van der Waals surface area contributed by atoms with E-state index < -0.39 is 0 Å². The van der Waals surface area contributed by atoms with Crippen LogP contribution < -0.4 is 10.6 Å². The summed E-state index contributed by atoms with van der Waals surface area (Å²) in [6.07, 6.45) is 2.51. The van der Waals surface area contributed by atoms with Crippen LogP contribution in [0.2, 0.25) is 0 Å². The number of nitrogens with one attached hydrogen (secondary N) is 1. The summed E-state index contributed by atoms with van der Waals surface area (Å²) in [6.45, 7) is 4.25. The van der Waals surface area contributed by atoms with E-state index in [9.17, 15) is 5.11 Å². The first-order chi connectivity index (χ1) is 16.0. The molecule has 4 N–H and O–H groups in total. The molecule has 1 saturated heterocycles. The Balaban J connectivity index is 1.36. The molecule has 0 saturated carbocycles. The Kier molecular flexibility index (Phi) is 5.75. The number of hydrogen-bond donors (Lipinski definition) is 3. The minimum atomic E-state index is 0.129. The van der Waals surface area contributed by atoms with Crippen LogP contribution in [0.3, 0.4) is 0 Å². The molecule has 1 aliphatic heterocycles. The number of H-pyrrole nitrogens is 1. The van der Waals surface area contributed by atoms with Crippen LogP contribution in [0.1, 0.15) is 16.7 Å². The molecule has 0 aliphatic carbocycles. The van der Waals surface area contributed by atoms with E-state index in [2.05, 4.69) is 57.2 Å². The Labute approximate surface area is 194 Å². The summed E-state index contributed by atoms with van der Waals surface area (Å²) in [5, 5.41) is 11.4. The third-order valence-corrected chi connectivity index (χ3v) is 6.30. The van der Waals surface area contributed by atoms with E-state index in [1.54, 1.807) is 6.21 Å². The molecule has 0 amide bonds. The predicted molar refractivity (Wildman–Crippen MR) is 137 cm³/mol. The average molecular weight is 440 g/mol. The van der Waals surface area contributed by atoms with E-state index in [0.29, 0.717) is 5.56 Å². The van der Waals surface area contributed by atoms with Gasteiger partial charge in [-0.05, 0) is 73.1 Å². The van der Waals surface area contributed by atoms with Gasteiger partial charge in [-0.3, -0.25) is 4.99 Å². The van der Waals surface area contributed by atoms with Crippen LogP contribution in [0.25, 0.3) is 10.9 Å². The summed E-state index contributed by atoms with van der Waals surface area (Å²) in [5.41, 5.74) is 12.7. The zero-order chi connectivity index (χ0) is 22.8. The van der Waals surface area contributed by atoms with Crippen molar-refractivity contribution in [1.82, 2.24) is 9.88 Å². The van der Waals surface area contributed by atoms with E-state index >= 15 is 0 Å². The normalized spacial score (nSPS) is 15.0. The first kappa shape index (κ1) is 21.1. The van der Waals surface area contributed by atoms with Gasteiger partial charge in [0, 0.05) is 54.7 Å². The molecule has 3 aromatic carbocycles. The minimum absolute atomic E-state index is 0.129. The number of likely N-dealkylation sites (N-methyl/N-ethyl adjacent to an activating group) is 1. The number of aromatic nitrogens is 1. The topological polar surface area (TPSA) is 80.9 Å². The lowest BCUT2D eigenvalue weighted by Crippen LogP contribution is -2.44. The second-order valence-electron chi connectivity index (χ2n) is 8.75. The zero-order valence-electron chi connectivity index (χ0n) is 18.8. The zero-order valence-corrected chi connectivity index (χ0v) is 18.8. The fraction of sp³-hybridized carbons (Fsp3) is 0.222. The summed E-state index contributed by atoms with van der Waals surface area (Å²) in [4.78, 5) is 12.4. The van der Waals surface area contributed by atoms with Gasteiger partial charge >= 0.3 is 0 Å². The Morgan fingerprint density at radius 3 is 2.48 bits per heavy atom. The summed E-state index contributed by atoms with van der Waals surface area (Å²) >= 11 is 0. The molecule has 2 heterocycles. The average Bonchev–Trinajstić information content (AvgIpc) is 3.13.